The average molecular weight is 262 g/mol. The van der Waals surface area contributed by atoms with Crippen LogP contribution in [0.1, 0.15) is 6.42 Å². The second kappa shape index (κ2) is 4.23. The smallest absolute Gasteiger partial charge is 0.239 e. The van der Waals surface area contributed by atoms with E-state index in [4.69, 9.17) is 5.73 Å². The normalized spacial score (nSPS) is 23.0. The monoisotopic (exact) mass is 262 g/mol. The van der Waals surface area contributed by atoms with Gasteiger partial charge in [-0.1, -0.05) is 6.07 Å². The Morgan fingerprint density at radius 2 is 1.94 bits per heavy atom. The van der Waals surface area contributed by atoms with E-state index in [1.165, 1.54) is 6.07 Å². The first-order valence-electron chi connectivity index (χ1n) is 5.14. The first-order chi connectivity index (χ1) is 7.98. The standard InChI is InChI=1S/C10H12F2N2O2S/c11-8-2-1-3-9(12)10(8)14-5-4-7(6-13)17(14,15)16/h1-3,7H,4-6,13H2/t7-/m1/s1. The number of rotatable bonds is 2. The van der Waals surface area contributed by atoms with Crippen molar-refractivity contribution in [2.45, 2.75) is 11.7 Å². The molecular weight excluding hydrogens is 250 g/mol. The molecule has 1 aliphatic rings. The molecule has 17 heavy (non-hydrogen) atoms. The predicted molar refractivity (Wildman–Crippen MR) is 60.1 cm³/mol. The Bertz CT molecular complexity index is 513. The molecule has 2 N–H and O–H groups in total. The topological polar surface area (TPSA) is 63.4 Å². The van der Waals surface area contributed by atoms with Crippen molar-refractivity contribution in [1.82, 2.24) is 0 Å². The van der Waals surface area contributed by atoms with Crippen LogP contribution in [0.5, 0.6) is 0 Å². The highest BCUT2D eigenvalue weighted by atomic mass is 32.2. The Hall–Kier alpha value is -1.21. The van der Waals surface area contributed by atoms with E-state index in [2.05, 4.69) is 0 Å². The van der Waals surface area contributed by atoms with E-state index in [1.807, 2.05) is 0 Å². The molecule has 0 radical (unpaired) electrons. The van der Waals surface area contributed by atoms with E-state index in [0.717, 1.165) is 16.4 Å². The van der Waals surface area contributed by atoms with E-state index in [1.54, 1.807) is 0 Å². The van der Waals surface area contributed by atoms with Crippen molar-refractivity contribution in [2.75, 3.05) is 17.4 Å². The van der Waals surface area contributed by atoms with Crippen molar-refractivity contribution < 1.29 is 17.2 Å². The minimum absolute atomic E-state index is 0.0467. The van der Waals surface area contributed by atoms with Crippen LogP contribution in [-0.4, -0.2) is 26.8 Å². The molecule has 0 saturated carbocycles. The van der Waals surface area contributed by atoms with Crippen LogP contribution in [0.3, 0.4) is 0 Å². The summed E-state index contributed by atoms with van der Waals surface area (Å²) < 4.78 is 51.7. The zero-order valence-corrected chi connectivity index (χ0v) is 9.75. The number of sulfonamides is 1. The van der Waals surface area contributed by atoms with Crippen LogP contribution in [0.4, 0.5) is 14.5 Å². The first-order valence-corrected chi connectivity index (χ1v) is 6.64. The van der Waals surface area contributed by atoms with Gasteiger partial charge in [-0.25, -0.2) is 17.2 Å². The lowest BCUT2D eigenvalue weighted by atomic mass is 10.2. The van der Waals surface area contributed by atoms with Gasteiger partial charge in [0.25, 0.3) is 0 Å². The third-order valence-corrected chi connectivity index (χ3v) is 5.08. The van der Waals surface area contributed by atoms with Crippen LogP contribution in [0, 0.1) is 11.6 Å². The Balaban J connectivity index is 2.50. The number of anilines is 1. The summed E-state index contributed by atoms with van der Waals surface area (Å²) in [6.07, 6.45) is 0.284. The van der Waals surface area contributed by atoms with Crippen molar-refractivity contribution in [2.24, 2.45) is 5.73 Å². The third kappa shape index (κ3) is 1.89. The fourth-order valence-corrected chi connectivity index (χ4v) is 3.72. The van der Waals surface area contributed by atoms with E-state index in [9.17, 15) is 17.2 Å². The maximum atomic E-state index is 13.5. The van der Waals surface area contributed by atoms with Crippen LogP contribution < -0.4 is 10.0 Å². The number of hydrogen-bond donors (Lipinski definition) is 1. The third-order valence-electron chi connectivity index (χ3n) is 2.83. The van der Waals surface area contributed by atoms with Crippen molar-refractivity contribution in [3.63, 3.8) is 0 Å². The Morgan fingerprint density at radius 3 is 2.41 bits per heavy atom. The lowest BCUT2D eigenvalue weighted by molar-refractivity contribution is 0.571. The molecular formula is C10H12F2N2O2S. The average Bonchev–Trinajstić information content (AvgIpc) is 2.54. The molecule has 0 aromatic heterocycles. The molecule has 0 aliphatic carbocycles. The molecule has 1 fully saturated rings. The molecule has 1 atom stereocenters. The highest BCUT2D eigenvalue weighted by molar-refractivity contribution is 7.93. The van der Waals surface area contributed by atoms with E-state index < -0.39 is 32.6 Å². The molecule has 0 unspecified atom stereocenters. The van der Waals surface area contributed by atoms with Crippen molar-refractivity contribution in [3.05, 3.63) is 29.8 Å². The van der Waals surface area contributed by atoms with E-state index in [0.29, 0.717) is 0 Å². The van der Waals surface area contributed by atoms with E-state index >= 15 is 0 Å². The quantitative estimate of drug-likeness (QED) is 0.858. The van der Waals surface area contributed by atoms with Crippen LogP contribution in [-0.2, 0) is 10.0 Å². The molecule has 4 nitrogen and oxygen atoms in total. The SMILES string of the molecule is NC[C@H]1CCN(c2c(F)cccc2F)S1(=O)=O. The Labute approximate surface area is 98.1 Å². The molecule has 1 aliphatic heterocycles. The summed E-state index contributed by atoms with van der Waals surface area (Å²) in [6, 6.07) is 3.25. The van der Waals surface area contributed by atoms with Crippen LogP contribution in [0.15, 0.2) is 18.2 Å². The molecule has 1 saturated heterocycles. The molecule has 0 bridgehead atoms. The minimum atomic E-state index is -3.75. The summed E-state index contributed by atoms with van der Waals surface area (Å²) >= 11 is 0. The highest BCUT2D eigenvalue weighted by Crippen LogP contribution is 2.32. The number of halogens is 2. The lowest BCUT2D eigenvalue weighted by Crippen LogP contribution is -2.34. The summed E-state index contributed by atoms with van der Waals surface area (Å²) in [6.45, 7) is 0.0109. The summed E-state index contributed by atoms with van der Waals surface area (Å²) in [7, 11) is -3.75. The summed E-state index contributed by atoms with van der Waals surface area (Å²) in [5.74, 6) is -1.77. The molecule has 1 aromatic rings. The van der Waals surface area contributed by atoms with Crippen molar-refractivity contribution >= 4 is 15.7 Å². The van der Waals surface area contributed by atoms with Crippen LogP contribution in [0.25, 0.3) is 0 Å². The van der Waals surface area contributed by atoms with Crippen LogP contribution in [0.2, 0.25) is 0 Å². The van der Waals surface area contributed by atoms with Gasteiger partial charge < -0.3 is 5.73 Å². The highest BCUT2D eigenvalue weighted by Gasteiger charge is 2.40. The zero-order valence-electron chi connectivity index (χ0n) is 8.94. The van der Waals surface area contributed by atoms with Crippen molar-refractivity contribution in [1.29, 1.82) is 0 Å². The van der Waals surface area contributed by atoms with Gasteiger partial charge in [0.05, 0.1) is 5.25 Å². The maximum Gasteiger partial charge on any atom is 0.239 e. The predicted octanol–water partition coefficient (Wildman–Crippen LogP) is 0.832. The fourth-order valence-electron chi connectivity index (χ4n) is 1.92. The molecule has 94 valence electrons. The zero-order chi connectivity index (χ0) is 12.6. The van der Waals surface area contributed by atoms with Crippen molar-refractivity contribution in [3.8, 4) is 0 Å². The number of nitrogens with two attached hydrogens (primary N) is 1. The van der Waals surface area contributed by atoms with Gasteiger partial charge in [0.1, 0.15) is 5.69 Å². The van der Waals surface area contributed by atoms with Gasteiger partial charge in [-0.05, 0) is 18.6 Å². The van der Waals surface area contributed by atoms with Gasteiger partial charge in [-0.2, -0.15) is 0 Å². The fraction of sp³-hybridized carbons (Fsp3) is 0.400. The molecule has 2 rings (SSSR count). The number of nitrogens with zero attached hydrogens (tertiary/aromatic N) is 1. The second-order valence-electron chi connectivity index (χ2n) is 3.83. The number of benzene rings is 1. The summed E-state index contributed by atoms with van der Waals surface area (Å²) in [5, 5.41) is -0.762. The molecule has 1 heterocycles. The van der Waals surface area contributed by atoms with Gasteiger partial charge >= 0.3 is 0 Å². The Morgan fingerprint density at radius 1 is 1.35 bits per heavy atom. The maximum absolute atomic E-state index is 13.5. The molecule has 0 spiro atoms. The van der Waals surface area contributed by atoms with Gasteiger partial charge in [0, 0.05) is 13.1 Å². The first kappa shape index (κ1) is 12.3. The van der Waals surface area contributed by atoms with Gasteiger partial charge in [-0.3, -0.25) is 4.31 Å². The van der Waals surface area contributed by atoms with Gasteiger partial charge in [0.15, 0.2) is 11.6 Å². The lowest BCUT2D eigenvalue weighted by Gasteiger charge is -2.19. The van der Waals surface area contributed by atoms with Gasteiger partial charge in [-0.15, -0.1) is 0 Å². The number of hydrogen-bond acceptors (Lipinski definition) is 3. The summed E-state index contributed by atoms with van der Waals surface area (Å²) in [4.78, 5) is 0. The molecule has 0 amide bonds. The molecule has 1 aromatic carbocycles. The Kier molecular flexibility index (Phi) is 3.05. The summed E-state index contributed by atoms with van der Waals surface area (Å²) in [5.41, 5.74) is 4.82. The van der Waals surface area contributed by atoms with E-state index in [-0.39, 0.29) is 19.5 Å². The largest absolute Gasteiger partial charge is 0.329 e. The minimum Gasteiger partial charge on any atom is -0.329 e. The van der Waals surface area contributed by atoms with Gasteiger partial charge in [0.2, 0.25) is 10.0 Å². The second-order valence-corrected chi connectivity index (χ2v) is 5.97. The molecule has 7 heteroatoms. The van der Waals surface area contributed by atoms with Crippen LogP contribution >= 0.6 is 0 Å². The number of para-hydroxylation sites is 1.